The Labute approximate surface area is 207 Å². The van der Waals surface area contributed by atoms with E-state index in [2.05, 4.69) is 20.8 Å². The van der Waals surface area contributed by atoms with E-state index in [4.69, 9.17) is 22.8 Å². The molecule has 0 bridgehead atoms. The number of epoxide rings is 1. The Hall–Kier alpha value is 0.0169. The number of hydrogen-bond donors (Lipinski definition) is 0. The Kier molecular flexibility index (Phi) is 21.1. The largest absolute Gasteiger partial charge is 0.501 e. The zero-order chi connectivity index (χ0) is 23.9. The fourth-order valence-corrected chi connectivity index (χ4v) is 6.54. The second-order valence-corrected chi connectivity index (χ2v) is 12.3. The van der Waals surface area contributed by atoms with E-state index in [1.807, 2.05) is 0 Å². The molecule has 0 aliphatic carbocycles. The summed E-state index contributed by atoms with van der Waals surface area (Å²) in [5.74, 6) is 0. The van der Waals surface area contributed by atoms with Gasteiger partial charge in [0.1, 0.15) is 6.10 Å². The Bertz CT molecular complexity index is 365. The predicted molar refractivity (Wildman–Crippen MR) is 140 cm³/mol. The number of unbranched alkanes of at least 4 members (excludes halogenated alkanes) is 12. The molecule has 1 unspecified atom stereocenters. The maximum absolute atomic E-state index is 6.52. The molecule has 198 valence electrons. The summed E-state index contributed by atoms with van der Waals surface area (Å²) in [5.41, 5.74) is 0. The van der Waals surface area contributed by atoms with E-state index in [1.54, 1.807) is 0 Å². The molecule has 5 nitrogen and oxygen atoms in total. The smallest absolute Gasteiger partial charge is 0.379 e. The van der Waals surface area contributed by atoms with Crippen LogP contribution in [-0.2, 0) is 22.8 Å². The Morgan fingerprint density at radius 3 is 1.39 bits per heavy atom. The first kappa shape index (κ1) is 31.0. The molecule has 1 aliphatic heterocycles. The minimum absolute atomic E-state index is 0.324. The summed E-state index contributed by atoms with van der Waals surface area (Å²) in [6.45, 7) is 11.4. The van der Waals surface area contributed by atoms with E-state index in [0.717, 1.165) is 64.8 Å². The first-order chi connectivity index (χ1) is 16.3. The number of hydrogen-bond acceptors (Lipinski definition) is 5. The standard InChI is InChI=1S/C27H56O5Si/c1-4-7-10-13-16-21-30-33(31-22-17-14-11-8-5-2,32-23-18-15-12-9-6-3)24-19-20-28-25-27-26-29-27/h27H,4-26H2,1-3H3. The van der Waals surface area contributed by atoms with Gasteiger partial charge in [0, 0.05) is 32.5 Å². The highest BCUT2D eigenvalue weighted by Crippen LogP contribution is 2.22. The van der Waals surface area contributed by atoms with E-state index < -0.39 is 8.80 Å². The van der Waals surface area contributed by atoms with Crippen LogP contribution in [0.3, 0.4) is 0 Å². The molecule has 0 amide bonds. The van der Waals surface area contributed by atoms with Crippen LogP contribution in [0.4, 0.5) is 0 Å². The summed E-state index contributed by atoms with van der Waals surface area (Å²) >= 11 is 0. The van der Waals surface area contributed by atoms with Crippen molar-refractivity contribution < 1.29 is 22.8 Å². The molecule has 1 aliphatic rings. The lowest BCUT2D eigenvalue weighted by atomic mass is 10.2. The number of rotatable bonds is 27. The molecule has 6 heteroatoms. The molecule has 0 aromatic heterocycles. The van der Waals surface area contributed by atoms with Crippen molar-refractivity contribution >= 4 is 8.80 Å². The van der Waals surface area contributed by atoms with Crippen molar-refractivity contribution in [1.82, 2.24) is 0 Å². The van der Waals surface area contributed by atoms with Crippen LogP contribution in [0.5, 0.6) is 0 Å². The van der Waals surface area contributed by atoms with E-state index in [-0.39, 0.29) is 0 Å². The normalized spacial score (nSPS) is 15.9. The molecule has 1 saturated heterocycles. The first-order valence-corrected chi connectivity index (χ1v) is 16.3. The Morgan fingerprint density at radius 2 is 1.00 bits per heavy atom. The van der Waals surface area contributed by atoms with Crippen LogP contribution in [-0.4, -0.2) is 54.5 Å². The zero-order valence-corrected chi connectivity index (χ0v) is 23.4. The second kappa shape index (κ2) is 22.5. The zero-order valence-electron chi connectivity index (χ0n) is 22.4. The lowest BCUT2D eigenvalue weighted by molar-refractivity contribution is 0.0505. The van der Waals surface area contributed by atoms with Crippen molar-refractivity contribution in [1.29, 1.82) is 0 Å². The fraction of sp³-hybridized carbons (Fsp3) is 1.00. The monoisotopic (exact) mass is 488 g/mol. The highest BCUT2D eigenvalue weighted by atomic mass is 28.4. The molecule has 1 heterocycles. The van der Waals surface area contributed by atoms with Crippen molar-refractivity contribution in [2.75, 3.05) is 39.6 Å². The van der Waals surface area contributed by atoms with Crippen molar-refractivity contribution in [2.45, 2.75) is 136 Å². The van der Waals surface area contributed by atoms with Gasteiger partial charge < -0.3 is 22.8 Å². The summed E-state index contributed by atoms with van der Waals surface area (Å²) in [5, 5.41) is 0. The van der Waals surface area contributed by atoms with Gasteiger partial charge in [-0.05, 0) is 25.7 Å². The van der Waals surface area contributed by atoms with Crippen LogP contribution < -0.4 is 0 Å². The summed E-state index contributed by atoms with van der Waals surface area (Å²) < 4.78 is 30.6. The van der Waals surface area contributed by atoms with Crippen LogP contribution in [0.25, 0.3) is 0 Å². The minimum Gasteiger partial charge on any atom is -0.379 e. The third-order valence-electron chi connectivity index (χ3n) is 6.19. The highest BCUT2D eigenvalue weighted by Gasteiger charge is 2.40. The quantitative estimate of drug-likeness (QED) is 0.0673. The van der Waals surface area contributed by atoms with E-state index >= 15 is 0 Å². The molecule has 0 spiro atoms. The van der Waals surface area contributed by atoms with Crippen LogP contribution >= 0.6 is 0 Å². The Balaban J connectivity index is 2.52. The van der Waals surface area contributed by atoms with Crippen LogP contribution in [0.1, 0.15) is 124 Å². The molecular formula is C27H56O5Si. The molecule has 1 fully saturated rings. The van der Waals surface area contributed by atoms with Crippen LogP contribution in [0, 0.1) is 0 Å². The number of ether oxygens (including phenoxy) is 2. The lowest BCUT2D eigenvalue weighted by Crippen LogP contribution is -2.47. The summed E-state index contributed by atoms with van der Waals surface area (Å²) in [6.07, 6.45) is 19.9. The topological polar surface area (TPSA) is 49.5 Å². The average Bonchev–Trinajstić information content (AvgIpc) is 3.65. The SMILES string of the molecule is CCCCCCCO[Si](CCCOCC1CO1)(OCCCCCCC)OCCCCCCC. The van der Waals surface area contributed by atoms with E-state index in [9.17, 15) is 0 Å². The van der Waals surface area contributed by atoms with Crippen molar-refractivity contribution in [3.8, 4) is 0 Å². The van der Waals surface area contributed by atoms with Gasteiger partial charge in [-0.2, -0.15) is 0 Å². The highest BCUT2D eigenvalue weighted by molar-refractivity contribution is 6.60. The van der Waals surface area contributed by atoms with Gasteiger partial charge in [-0.3, -0.25) is 0 Å². The third-order valence-corrected chi connectivity index (χ3v) is 9.09. The second-order valence-electron chi connectivity index (χ2n) is 9.60. The summed E-state index contributed by atoms with van der Waals surface area (Å²) in [7, 11) is -2.67. The van der Waals surface area contributed by atoms with Gasteiger partial charge in [-0.25, -0.2) is 0 Å². The van der Waals surface area contributed by atoms with Gasteiger partial charge in [-0.1, -0.05) is 97.8 Å². The van der Waals surface area contributed by atoms with E-state index in [1.165, 1.54) is 77.0 Å². The van der Waals surface area contributed by atoms with E-state index in [0.29, 0.717) is 12.7 Å². The molecule has 0 aromatic carbocycles. The van der Waals surface area contributed by atoms with Gasteiger partial charge in [0.2, 0.25) is 0 Å². The third kappa shape index (κ3) is 18.9. The lowest BCUT2D eigenvalue weighted by Gasteiger charge is -2.30. The molecule has 0 saturated carbocycles. The predicted octanol–water partition coefficient (Wildman–Crippen LogP) is 7.69. The molecule has 0 N–H and O–H groups in total. The first-order valence-electron chi connectivity index (χ1n) is 14.4. The van der Waals surface area contributed by atoms with Crippen molar-refractivity contribution in [3.05, 3.63) is 0 Å². The van der Waals surface area contributed by atoms with Crippen molar-refractivity contribution in [2.24, 2.45) is 0 Å². The maximum atomic E-state index is 6.52. The molecular weight excluding hydrogens is 432 g/mol. The van der Waals surface area contributed by atoms with Gasteiger partial charge in [-0.15, -0.1) is 0 Å². The fourth-order valence-electron chi connectivity index (χ4n) is 3.91. The molecule has 0 aromatic rings. The van der Waals surface area contributed by atoms with Gasteiger partial charge in [0.25, 0.3) is 0 Å². The average molecular weight is 489 g/mol. The molecule has 1 rings (SSSR count). The van der Waals surface area contributed by atoms with Crippen molar-refractivity contribution in [3.63, 3.8) is 0 Å². The maximum Gasteiger partial charge on any atom is 0.501 e. The minimum atomic E-state index is -2.67. The summed E-state index contributed by atoms with van der Waals surface area (Å²) in [6, 6.07) is 0.859. The molecule has 1 atom stereocenters. The Morgan fingerprint density at radius 1 is 0.576 bits per heavy atom. The summed E-state index contributed by atoms with van der Waals surface area (Å²) in [4.78, 5) is 0. The molecule has 33 heavy (non-hydrogen) atoms. The van der Waals surface area contributed by atoms with Crippen LogP contribution in [0.2, 0.25) is 6.04 Å². The van der Waals surface area contributed by atoms with Gasteiger partial charge in [0.05, 0.1) is 13.2 Å². The van der Waals surface area contributed by atoms with Gasteiger partial charge in [0.15, 0.2) is 0 Å². The molecule has 0 radical (unpaired) electrons. The van der Waals surface area contributed by atoms with Crippen LogP contribution in [0.15, 0.2) is 0 Å². The van der Waals surface area contributed by atoms with Gasteiger partial charge >= 0.3 is 8.80 Å².